The van der Waals surface area contributed by atoms with Gasteiger partial charge in [-0.25, -0.2) is 0 Å². The number of hydrogen-bond acceptors (Lipinski definition) is 1. The predicted octanol–water partition coefficient (Wildman–Crippen LogP) is 4.31. The van der Waals surface area contributed by atoms with E-state index in [-0.39, 0.29) is 0 Å². The monoisotopic (exact) mass is 281 g/mol. The second-order valence-electron chi connectivity index (χ2n) is 6.00. The van der Waals surface area contributed by atoms with E-state index >= 15 is 0 Å². The van der Waals surface area contributed by atoms with Crippen molar-refractivity contribution in [3.05, 3.63) is 70.8 Å². The third-order valence-corrected chi connectivity index (χ3v) is 4.06. The van der Waals surface area contributed by atoms with Crippen LogP contribution in [0.5, 0.6) is 0 Å². The van der Waals surface area contributed by atoms with Gasteiger partial charge in [0.2, 0.25) is 0 Å². The highest BCUT2D eigenvalue weighted by molar-refractivity contribution is 5.31. The van der Waals surface area contributed by atoms with Crippen LogP contribution in [-0.2, 0) is 12.8 Å². The molecule has 0 heterocycles. The number of rotatable bonds is 7. The molecule has 2 aromatic carbocycles. The van der Waals surface area contributed by atoms with Gasteiger partial charge in [0, 0.05) is 0 Å². The molecular weight excluding hydrogens is 254 g/mol. The Balaban J connectivity index is 2.10. The van der Waals surface area contributed by atoms with Gasteiger partial charge in [-0.2, -0.15) is 0 Å². The van der Waals surface area contributed by atoms with Crippen LogP contribution in [0.1, 0.15) is 29.2 Å². The summed E-state index contributed by atoms with van der Waals surface area (Å²) in [5.74, 6) is 0.646. The van der Waals surface area contributed by atoms with Crippen molar-refractivity contribution in [1.29, 1.82) is 0 Å². The van der Waals surface area contributed by atoms with Crippen molar-refractivity contribution in [1.82, 2.24) is 5.32 Å². The molecule has 0 amide bonds. The minimum Gasteiger partial charge on any atom is -0.317 e. The zero-order chi connectivity index (χ0) is 15.1. The number of benzene rings is 2. The summed E-state index contributed by atoms with van der Waals surface area (Å²) in [5.41, 5.74) is 5.70. The third kappa shape index (κ3) is 5.02. The first-order valence-electron chi connectivity index (χ1n) is 7.99. The summed E-state index contributed by atoms with van der Waals surface area (Å²) in [5, 5.41) is 3.52. The Hall–Kier alpha value is -1.60. The maximum Gasteiger partial charge on any atom is -0.00143 e. The second-order valence-corrected chi connectivity index (χ2v) is 6.00. The fourth-order valence-corrected chi connectivity index (χ4v) is 2.84. The lowest BCUT2D eigenvalue weighted by Gasteiger charge is -2.19. The summed E-state index contributed by atoms with van der Waals surface area (Å²) >= 11 is 0. The van der Waals surface area contributed by atoms with Crippen LogP contribution >= 0.6 is 0 Å². The molecule has 2 rings (SSSR count). The zero-order valence-electron chi connectivity index (χ0n) is 13.5. The van der Waals surface area contributed by atoms with E-state index in [4.69, 9.17) is 0 Å². The highest BCUT2D eigenvalue weighted by Gasteiger charge is 2.12. The van der Waals surface area contributed by atoms with Crippen LogP contribution in [-0.4, -0.2) is 13.1 Å². The molecule has 0 fully saturated rings. The lowest BCUT2D eigenvalue weighted by atomic mass is 9.90. The molecule has 2 aromatic rings. The molecule has 1 nitrogen and oxygen atoms in total. The van der Waals surface area contributed by atoms with Crippen LogP contribution in [0.15, 0.2) is 48.5 Å². The molecule has 0 radical (unpaired) electrons. The van der Waals surface area contributed by atoms with Gasteiger partial charge in [-0.3, -0.25) is 0 Å². The molecule has 1 heteroatoms. The maximum atomic E-state index is 3.52. The van der Waals surface area contributed by atoms with E-state index in [9.17, 15) is 0 Å². The van der Waals surface area contributed by atoms with Crippen molar-refractivity contribution in [2.24, 2.45) is 5.92 Å². The van der Waals surface area contributed by atoms with Gasteiger partial charge in [-0.15, -0.1) is 0 Å². The van der Waals surface area contributed by atoms with E-state index in [1.807, 2.05) is 0 Å². The largest absolute Gasteiger partial charge is 0.317 e. The summed E-state index contributed by atoms with van der Waals surface area (Å²) in [4.78, 5) is 0. The minimum absolute atomic E-state index is 0.646. The Morgan fingerprint density at radius 2 is 1.71 bits per heavy atom. The van der Waals surface area contributed by atoms with Gasteiger partial charge in [-0.05, 0) is 62.4 Å². The summed E-state index contributed by atoms with van der Waals surface area (Å²) in [6.45, 7) is 8.70. The van der Waals surface area contributed by atoms with Crippen molar-refractivity contribution in [2.45, 2.75) is 33.6 Å². The average molecular weight is 281 g/mol. The fraction of sp³-hybridized carbons (Fsp3) is 0.400. The van der Waals surface area contributed by atoms with E-state index < -0.39 is 0 Å². The van der Waals surface area contributed by atoms with E-state index in [0.717, 1.165) is 25.9 Å². The molecular formula is C20H27N. The molecule has 0 aromatic heterocycles. The molecule has 21 heavy (non-hydrogen) atoms. The standard InChI is InChI=1S/C20H27N/c1-4-21-15-19(13-18-8-6-5-7-9-18)14-20-12-16(2)10-11-17(20)3/h5-12,19,21H,4,13-15H2,1-3H3. The van der Waals surface area contributed by atoms with Crippen LogP contribution in [0.3, 0.4) is 0 Å². The first kappa shape index (κ1) is 15.8. The molecule has 1 unspecified atom stereocenters. The quantitative estimate of drug-likeness (QED) is 0.797. The number of hydrogen-bond donors (Lipinski definition) is 1. The van der Waals surface area contributed by atoms with Crippen molar-refractivity contribution in [3.63, 3.8) is 0 Å². The first-order chi connectivity index (χ1) is 10.2. The van der Waals surface area contributed by atoms with Gasteiger partial charge in [-0.1, -0.05) is 61.0 Å². The normalized spacial score (nSPS) is 12.3. The van der Waals surface area contributed by atoms with E-state index in [2.05, 4.69) is 74.6 Å². The van der Waals surface area contributed by atoms with Gasteiger partial charge in [0.1, 0.15) is 0 Å². The lowest BCUT2D eigenvalue weighted by molar-refractivity contribution is 0.477. The smallest absolute Gasteiger partial charge is 0.00143 e. The number of aryl methyl sites for hydroxylation is 2. The summed E-state index contributed by atoms with van der Waals surface area (Å²) in [7, 11) is 0. The van der Waals surface area contributed by atoms with Crippen LogP contribution in [0.2, 0.25) is 0 Å². The van der Waals surface area contributed by atoms with Gasteiger partial charge in [0.25, 0.3) is 0 Å². The second kappa shape index (κ2) is 7.99. The van der Waals surface area contributed by atoms with Gasteiger partial charge >= 0.3 is 0 Å². The average Bonchev–Trinajstić information content (AvgIpc) is 2.49. The SMILES string of the molecule is CCNCC(Cc1ccccc1)Cc1cc(C)ccc1C. The van der Waals surface area contributed by atoms with Crippen LogP contribution in [0, 0.1) is 19.8 Å². The first-order valence-corrected chi connectivity index (χ1v) is 7.99. The van der Waals surface area contributed by atoms with Crippen molar-refractivity contribution in [3.8, 4) is 0 Å². The van der Waals surface area contributed by atoms with Crippen molar-refractivity contribution < 1.29 is 0 Å². The molecule has 0 aliphatic carbocycles. The Bertz CT molecular complexity index is 545. The Morgan fingerprint density at radius 1 is 0.952 bits per heavy atom. The maximum absolute atomic E-state index is 3.52. The predicted molar refractivity (Wildman–Crippen MR) is 91.8 cm³/mol. The van der Waals surface area contributed by atoms with Crippen molar-refractivity contribution >= 4 is 0 Å². The van der Waals surface area contributed by atoms with Crippen LogP contribution < -0.4 is 5.32 Å². The molecule has 0 aliphatic rings. The molecule has 1 atom stereocenters. The highest BCUT2D eigenvalue weighted by Crippen LogP contribution is 2.18. The fourth-order valence-electron chi connectivity index (χ4n) is 2.84. The molecule has 1 N–H and O–H groups in total. The zero-order valence-corrected chi connectivity index (χ0v) is 13.5. The Kier molecular flexibility index (Phi) is 6.01. The molecule has 0 spiro atoms. The van der Waals surface area contributed by atoms with E-state index in [1.165, 1.54) is 22.3 Å². The topological polar surface area (TPSA) is 12.0 Å². The van der Waals surface area contributed by atoms with Gasteiger partial charge in [0.15, 0.2) is 0 Å². The molecule has 0 saturated carbocycles. The molecule has 0 saturated heterocycles. The van der Waals surface area contributed by atoms with Gasteiger partial charge < -0.3 is 5.32 Å². The van der Waals surface area contributed by atoms with E-state index in [0.29, 0.717) is 5.92 Å². The van der Waals surface area contributed by atoms with E-state index in [1.54, 1.807) is 0 Å². The van der Waals surface area contributed by atoms with Crippen molar-refractivity contribution in [2.75, 3.05) is 13.1 Å². The highest BCUT2D eigenvalue weighted by atomic mass is 14.8. The van der Waals surface area contributed by atoms with Gasteiger partial charge in [0.05, 0.1) is 0 Å². The summed E-state index contributed by atoms with van der Waals surface area (Å²) < 4.78 is 0. The Morgan fingerprint density at radius 3 is 2.43 bits per heavy atom. The minimum atomic E-state index is 0.646. The Labute approximate surface area is 129 Å². The molecule has 0 aliphatic heterocycles. The van der Waals surface area contributed by atoms with Crippen LogP contribution in [0.25, 0.3) is 0 Å². The number of nitrogens with one attached hydrogen (secondary N) is 1. The molecule has 0 bridgehead atoms. The summed E-state index contributed by atoms with van der Waals surface area (Å²) in [6, 6.07) is 17.6. The molecule has 112 valence electrons. The lowest BCUT2D eigenvalue weighted by Crippen LogP contribution is -2.26. The summed E-state index contributed by atoms with van der Waals surface area (Å²) in [6.07, 6.45) is 2.29. The third-order valence-electron chi connectivity index (χ3n) is 4.06. The van der Waals surface area contributed by atoms with Crippen LogP contribution in [0.4, 0.5) is 0 Å².